The Morgan fingerprint density at radius 1 is 1.33 bits per heavy atom. The van der Waals surface area contributed by atoms with Crippen LogP contribution in [0.4, 0.5) is 9.59 Å². The smallest absolute Gasteiger partial charge is 0.404 e. The van der Waals surface area contributed by atoms with Crippen LogP contribution in [-0.4, -0.2) is 72.2 Å². The van der Waals surface area contributed by atoms with Gasteiger partial charge in [-0.2, -0.15) is 0 Å². The Morgan fingerprint density at radius 3 is 2.57 bits per heavy atom. The van der Waals surface area contributed by atoms with Crippen LogP contribution in [0.2, 0.25) is 0 Å². The molecule has 21 heavy (non-hydrogen) atoms. The van der Waals surface area contributed by atoms with Crippen molar-refractivity contribution in [2.75, 3.05) is 32.8 Å². The summed E-state index contributed by atoms with van der Waals surface area (Å²) in [5, 5.41) is 23.8. The normalized spacial score (nSPS) is 17.9. The average Bonchev–Trinajstić information content (AvgIpc) is 2.49. The Bertz CT molecular complexity index is 334. The molecular formula is C13H25N3O5. The van der Waals surface area contributed by atoms with Gasteiger partial charge in [-0.15, -0.1) is 0 Å². The monoisotopic (exact) mass is 303 g/mol. The van der Waals surface area contributed by atoms with E-state index in [-0.39, 0.29) is 12.6 Å². The molecule has 0 aromatic heterocycles. The van der Waals surface area contributed by atoms with Crippen molar-refractivity contribution in [2.24, 2.45) is 0 Å². The molecule has 1 unspecified atom stereocenters. The number of hydrogen-bond acceptors (Lipinski definition) is 4. The number of morpholine rings is 1. The number of nitrogens with one attached hydrogen (secondary N) is 2. The molecular weight excluding hydrogens is 278 g/mol. The van der Waals surface area contributed by atoms with Crippen molar-refractivity contribution in [3.8, 4) is 0 Å². The molecule has 1 aliphatic rings. The van der Waals surface area contributed by atoms with E-state index in [1.807, 2.05) is 6.92 Å². The number of aliphatic hydroxyl groups excluding tert-OH is 1. The number of carboxylic acid groups (broad SMARTS) is 1. The highest BCUT2D eigenvalue weighted by molar-refractivity contribution is 5.74. The van der Waals surface area contributed by atoms with Gasteiger partial charge in [-0.1, -0.05) is 19.8 Å². The Labute approximate surface area is 124 Å². The lowest BCUT2D eigenvalue weighted by molar-refractivity contribution is 0.0513. The molecule has 8 heteroatoms. The summed E-state index contributed by atoms with van der Waals surface area (Å²) in [6, 6.07) is -0.839. The minimum Gasteiger partial charge on any atom is -0.465 e. The Hall–Kier alpha value is -1.54. The van der Waals surface area contributed by atoms with E-state index in [0.717, 1.165) is 12.8 Å². The van der Waals surface area contributed by atoms with Crippen molar-refractivity contribution < 1.29 is 24.5 Å². The second kappa shape index (κ2) is 9.41. The predicted molar refractivity (Wildman–Crippen MR) is 76.3 cm³/mol. The number of hydrogen-bond donors (Lipinski definition) is 4. The number of ether oxygens (including phenoxy) is 1. The number of urea groups is 1. The minimum absolute atomic E-state index is 0.0187. The maximum atomic E-state index is 11.9. The standard InChI is InChI=1S/C13H25N3O5/c1-2-3-4-10(15-13(19)20)11(17)9-14-12(18)16-5-7-21-8-6-16/h10-11,15,17H,2-9H2,1H3,(H,14,18)(H,19,20)/t10?,11-/m1/s1. The third kappa shape index (κ3) is 6.63. The van der Waals surface area contributed by atoms with E-state index in [2.05, 4.69) is 10.6 Å². The van der Waals surface area contributed by atoms with Crippen LogP contribution in [0.3, 0.4) is 0 Å². The van der Waals surface area contributed by atoms with Crippen LogP contribution >= 0.6 is 0 Å². The Morgan fingerprint density at radius 2 is 2.00 bits per heavy atom. The fourth-order valence-corrected chi connectivity index (χ4v) is 2.16. The van der Waals surface area contributed by atoms with Gasteiger partial charge in [0.25, 0.3) is 0 Å². The van der Waals surface area contributed by atoms with Gasteiger partial charge in [0.15, 0.2) is 0 Å². The zero-order chi connectivity index (χ0) is 15.7. The third-order valence-corrected chi connectivity index (χ3v) is 3.40. The van der Waals surface area contributed by atoms with E-state index in [1.165, 1.54) is 0 Å². The summed E-state index contributed by atoms with van der Waals surface area (Å²) in [6.07, 6.45) is 0.133. The molecule has 0 aromatic rings. The van der Waals surface area contributed by atoms with Crippen molar-refractivity contribution >= 4 is 12.1 Å². The highest BCUT2D eigenvalue weighted by Crippen LogP contribution is 2.05. The molecule has 0 radical (unpaired) electrons. The molecule has 2 atom stereocenters. The number of carbonyl (C=O) groups is 2. The van der Waals surface area contributed by atoms with E-state index in [0.29, 0.717) is 32.7 Å². The second-order valence-electron chi connectivity index (χ2n) is 5.05. The van der Waals surface area contributed by atoms with Gasteiger partial charge in [0.05, 0.1) is 25.4 Å². The van der Waals surface area contributed by atoms with E-state index >= 15 is 0 Å². The summed E-state index contributed by atoms with van der Waals surface area (Å²) in [5.41, 5.74) is 0. The van der Waals surface area contributed by atoms with Crippen molar-refractivity contribution in [3.05, 3.63) is 0 Å². The lowest BCUT2D eigenvalue weighted by Gasteiger charge is -2.28. The SMILES string of the molecule is CCCCC(NC(=O)O)[C@H](O)CNC(=O)N1CCOCC1. The highest BCUT2D eigenvalue weighted by Gasteiger charge is 2.23. The van der Waals surface area contributed by atoms with Gasteiger partial charge in [-0.25, -0.2) is 9.59 Å². The summed E-state index contributed by atoms with van der Waals surface area (Å²) in [5.74, 6) is 0. The van der Waals surface area contributed by atoms with Gasteiger partial charge in [0, 0.05) is 19.6 Å². The topological polar surface area (TPSA) is 111 Å². The van der Waals surface area contributed by atoms with Gasteiger partial charge in [0.1, 0.15) is 0 Å². The van der Waals surface area contributed by atoms with Gasteiger partial charge in [-0.05, 0) is 6.42 Å². The first kappa shape index (κ1) is 17.5. The zero-order valence-electron chi connectivity index (χ0n) is 12.4. The van der Waals surface area contributed by atoms with Crippen LogP contribution in [0.25, 0.3) is 0 Å². The molecule has 0 saturated carbocycles. The maximum absolute atomic E-state index is 11.9. The first-order valence-electron chi connectivity index (χ1n) is 7.32. The van der Waals surface area contributed by atoms with Crippen LogP contribution in [0.15, 0.2) is 0 Å². The lowest BCUT2D eigenvalue weighted by Crippen LogP contribution is -2.51. The van der Waals surface area contributed by atoms with Crippen molar-refractivity contribution in [1.82, 2.24) is 15.5 Å². The van der Waals surface area contributed by atoms with Gasteiger partial charge >= 0.3 is 12.1 Å². The third-order valence-electron chi connectivity index (χ3n) is 3.40. The zero-order valence-corrected chi connectivity index (χ0v) is 12.4. The predicted octanol–water partition coefficient (Wildman–Crippen LogP) is 0.216. The molecule has 0 aromatic carbocycles. The summed E-state index contributed by atoms with van der Waals surface area (Å²) < 4.78 is 5.16. The van der Waals surface area contributed by atoms with E-state index in [4.69, 9.17) is 9.84 Å². The van der Waals surface area contributed by atoms with Crippen molar-refractivity contribution in [3.63, 3.8) is 0 Å². The van der Waals surface area contributed by atoms with Gasteiger partial charge in [-0.3, -0.25) is 0 Å². The molecule has 3 amide bonds. The number of rotatable bonds is 7. The molecule has 122 valence electrons. The number of nitrogens with zero attached hydrogens (tertiary/aromatic N) is 1. The highest BCUT2D eigenvalue weighted by atomic mass is 16.5. The molecule has 1 saturated heterocycles. The quantitative estimate of drug-likeness (QED) is 0.537. The molecule has 0 bridgehead atoms. The molecule has 0 aliphatic carbocycles. The molecule has 1 aliphatic heterocycles. The van der Waals surface area contributed by atoms with Gasteiger partial charge < -0.3 is 30.5 Å². The van der Waals surface area contributed by atoms with E-state index < -0.39 is 18.2 Å². The second-order valence-corrected chi connectivity index (χ2v) is 5.05. The van der Waals surface area contributed by atoms with E-state index in [1.54, 1.807) is 4.90 Å². The number of aliphatic hydroxyl groups is 1. The number of amides is 3. The molecule has 8 nitrogen and oxygen atoms in total. The van der Waals surface area contributed by atoms with Crippen molar-refractivity contribution in [1.29, 1.82) is 0 Å². The summed E-state index contributed by atoms with van der Waals surface area (Å²) in [7, 11) is 0. The van der Waals surface area contributed by atoms with Crippen molar-refractivity contribution in [2.45, 2.75) is 38.3 Å². The average molecular weight is 303 g/mol. The van der Waals surface area contributed by atoms with Crippen LogP contribution < -0.4 is 10.6 Å². The number of carbonyl (C=O) groups excluding carboxylic acids is 1. The molecule has 1 rings (SSSR count). The number of unbranched alkanes of at least 4 members (excludes halogenated alkanes) is 1. The first-order chi connectivity index (χ1) is 10.0. The minimum atomic E-state index is -1.17. The fourth-order valence-electron chi connectivity index (χ4n) is 2.16. The molecule has 4 N–H and O–H groups in total. The molecule has 1 heterocycles. The maximum Gasteiger partial charge on any atom is 0.404 e. The largest absolute Gasteiger partial charge is 0.465 e. The van der Waals surface area contributed by atoms with Crippen LogP contribution in [0, 0.1) is 0 Å². The Kier molecular flexibility index (Phi) is 7.84. The molecule has 0 spiro atoms. The fraction of sp³-hybridized carbons (Fsp3) is 0.846. The summed E-state index contributed by atoms with van der Waals surface area (Å²) in [6.45, 7) is 4.07. The van der Waals surface area contributed by atoms with E-state index in [9.17, 15) is 14.7 Å². The summed E-state index contributed by atoms with van der Waals surface area (Å²) in [4.78, 5) is 24.2. The lowest BCUT2D eigenvalue weighted by atomic mass is 10.0. The van der Waals surface area contributed by atoms with Gasteiger partial charge in [0.2, 0.25) is 0 Å². The summed E-state index contributed by atoms with van der Waals surface area (Å²) >= 11 is 0. The first-order valence-corrected chi connectivity index (χ1v) is 7.32. The van der Waals surface area contributed by atoms with Crippen LogP contribution in [-0.2, 0) is 4.74 Å². The Balaban J connectivity index is 2.38. The van der Waals surface area contributed by atoms with Crippen LogP contribution in [0.1, 0.15) is 26.2 Å². The van der Waals surface area contributed by atoms with Crippen LogP contribution in [0.5, 0.6) is 0 Å². The molecule has 1 fully saturated rings.